The Balaban J connectivity index is 1.43. The molecule has 0 N–H and O–H groups in total. The molecule has 2 aliphatic rings. The van der Waals surface area contributed by atoms with Gasteiger partial charge in [-0.25, -0.2) is 4.79 Å². The van der Waals surface area contributed by atoms with Crippen LogP contribution in [0.4, 0.5) is 0 Å². The van der Waals surface area contributed by atoms with Crippen molar-refractivity contribution in [1.82, 2.24) is 4.90 Å². The Morgan fingerprint density at radius 1 is 0.967 bits per heavy atom. The number of carbonyl (C=O) groups is 4. The highest BCUT2D eigenvalue weighted by Crippen LogP contribution is 2.32. The topological polar surface area (TPSA) is 99.2 Å². The van der Waals surface area contributed by atoms with Crippen molar-refractivity contribution in [2.24, 2.45) is 0 Å². The van der Waals surface area contributed by atoms with E-state index >= 15 is 0 Å². The fourth-order valence-corrected chi connectivity index (χ4v) is 3.30. The molecule has 0 radical (unpaired) electrons. The number of ether oxygens (including phenoxy) is 3. The van der Waals surface area contributed by atoms with Gasteiger partial charge >= 0.3 is 5.97 Å². The predicted octanol–water partition coefficient (Wildman–Crippen LogP) is 2.85. The van der Waals surface area contributed by atoms with Crippen LogP contribution in [-0.4, -0.2) is 48.4 Å². The molecule has 0 unspecified atom stereocenters. The van der Waals surface area contributed by atoms with Crippen LogP contribution in [0.1, 0.15) is 61.2 Å². The lowest BCUT2D eigenvalue weighted by Crippen LogP contribution is -2.30. The van der Waals surface area contributed by atoms with Crippen molar-refractivity contribution in [3.8, 4) is 11.5 Å². The first-order valence-electron chi connectivity index (χ1n) is 9.60. The number of nitrogens with zero attached hydrogens (tertiary/aromatic N) is 1. The maximum atomic E-state index is 12.5. The molecular formula is C22H19NO7. The predicted molar refractivity (Wildman–Crippen MR) is 104 cm³/mol. The Bertz CT molecular complexity index is 1060. The van der Waals surface area contributed by atoms with Gasteiger partial charge in [0.2, 0.25) is 6.79 Å². The molecule has 8 heteroatoms. The number of fused-ring (bicyclic) bond motifs is 2. The summed E-state index contributed by atoms with van der Waals surface area (Å²) >= 11 is 0. The molecule has 0 saturated carbocycles. The number of benzene rings is 2. The van der Waals surface area contributed by atoms with E-state index in [4.69, 9.17) is 14.2 Å². The number of carbonyl (C=O) groups excluding carboxylic acids is 4. The monoisotopic (exact) mass is 409 g/mol. The number of amides is 2. The molecule has 0 spiro atoms. The third kappa shape index (κ3) is 3.52. The van der Waals surface area contributed by atoms with Gasteiger partial charge in [0.1, 0.15) is 0 Å². The van der Waals surface area contributed by atoms with Crippen molar-refractivity contribution in [3.63, 3.8) is 0 Å². The number of rotatable bonds is 7. The van der Waals surface area contributed by atoms with Gasteiger partial charge in [-0.15, -0.1) is 0 Å². The van der Waals surface area contributed by atoms with Gasteiger partial charge in [-0.2, -0.15) is 0 Å². The van der Waals surface area contributed by atoms with Crippen molar-refractivity contribution in [3.05, 3.63) is 58.7 Å². The van der Waals surface area contributed by atoms with Crippen molar-refractivity contribution in [2.45, 2.75) is 19.8 Å². The summed E-state index contributed by atoms with van der Waals surface area (Å²) in [5.74, 6) is -0.926. The van der Waals surface area contributed by atoms with E-state index in [-0.39, 0.29) is 29.4 Å². The highest BCUT2D eigenvalue weighted by molar-refractivity contribution is 6.22. The van der Waals surface area contributed by atoms with E-state index in [0.29, 0.717) is 30.0 Å². The van der Waals surface area contributed by atoms with Gasteiger partial charge in [0.05, 0.1) is 16.7 Å². The van der Waals surface area contributed by atoms with Gasteiger partial charge < -0.3 is 14.2 Å². The number of esters is 1. The molecule has 30 heavy (non-hydrogen) atoms. The van der Waals surface area contributed by atoms with Crippen LogP contribution in [0.5, 0.6) is 11.5 Å². The average molecular weight is 409 g/mol. The molecule has 2 heterocycles. The Morgan fingerprint density at radius 3 is 2.50 bits per heavy atom. The Kier molecular flexibility index (Phi) is 5.22. The van der Waals surface area contributed by atoms with Crippen molar-refractivity contribution < 1.29 is 33.4 Å². The number of hydrogen-bond donors (Lipinski definition) is 0. The van der Waals surface area contributed by atoms with Crippen molar-refractivity contribution in [1.29, 1.82) is 0 Å². The van der Waals surface area contributed by atoms with E-state index in [0.717, 1.165) is 6.42 Å². The molecule has 2 aromatic carbocycles. The van der Waals surface area contributed by atoms with Gasteiger partial charge in [0, 0.05) is 12.1 Å². The first kappa shape index (κ1) is 19.6. The zero-order valence-corrected chi connectivity index (χ0v) is 16.3. The van der Waals surface area contributed by atoms with Crippen LogP contribution >= 0.6 is 0 Å². The van der Waals surface area contributed by atoms with E-state index in [1.165, 1.54) is 29.2 Å². The minimum Gasteiger partial charge on any atom is -0.454 e. The number of ketones is 1. The fourth-order valence-electron chi connectivity index (χ4n) is 3.30. The van der Waals surface area contributed by atoms with Crippen molar-refractivity contribution >= 4 is 23.6 Å². The molecular weight excluding hydrogens is 390 g/mol. The van der Waals surface area contributed by atoms with E-state index in [2.05, 4.69) is 0 Å². The third-order valence-electron chi connectivity index (χ3n) is 4.97. The lowest BCUT2D eigenvalue weighted by molar-refractivity contribution is 0.0474. The summed E-state index contributed by atoms with van der Waals surface area (Å²) in [5, 5.41) is 0. The molecule has 0 saturated heterocycles. The molecule has 2 aliphatic heterocycles. The van der Waals surface area contributed by atoms with Crippen LogP contribution in [0.2, 0.25) is 0 Å². The third-order valence-corrected chi connectivity index (χ3v) is 4.97. The second-order valence-electron chi connectivity index (χ2n) is 6.94. The summed E-state index contributed by atoms with van der Waals surface area (Å²) < 4.78 is 15.5. The summed E-state index contributed by atoms with van der Waals surface area (Å²) in [6, 6.07) is 8.91. The molecule has 0 atom stereocenters. The summed E-state index contributed by atoms with van der Waals surface area (Å²) in [4.78, 5) is 50.8. The van der Waals surface area contributed by atoms with Gasteiger partial charge in [-0.3, -0.25) is 19.3 Å². The highest BCUT2D eigenvalue weighted by atomic mass is 16.7. The number of imide groups is 1. The zero-order valence-electron chi connectivity index (χ0n) is 16.3. The second-order valence-corrected chi connectivity index (χ2v) is 6.94. The molecule has 4 rings (SSSR count). The SMILES string of the molecule is CCCCN1C(=O)c2ccc(C(=O)OCC(=O)c3ccc4c(c3)OCO4)cc2C1=O. The van der Waals surface area contributed by atoms with Crippen LogP contribution < -0.4 is 9.47 Å². The maximum Gasteiger partial charge on any atom is 0.338 e. The molecule has 2 aromatic rings. The Morgan fingerprint density at radius 2 is 1.70 bits per heavy atom. The average Bonchev–Trinajstić information content (AvgIpc) is 3.32. The van der Waals surface area contributed by atoms with Crippen LogP contribution in [0.25, 0.3) is 0 Å². The lowest BCUT2D eigenvalue weighted by atomic mass is 10.1. The van der Waals surface area contributed by atoms with Crippen LogP contribution in [0.3, 0.4) is 0 Å². The standard InChI is InChI=1S/C22H19NO7/c1-2-3-8-23-20(25)15-6-4-14(9-16(15)21(23)26)22(27)28-11-17(24)13-5-7-18-19(10-13)30-12-29-18/h4-7,9-10H,2-3,8,11-12H2,1H3. The zero-order chi connectivity index (χ0) is 21.3. The summed E-state index contributed by atoms with van der Waals surface area (Å²) in [6.45, 7) is 1.94. The normalized spacial score (nSPS) is 14.1. The molecule has 8 nitrogen and oxygen atoms in total. The molecule has 0 aromatic heterocycles. The number of unbranched alkanes of at least 4 members (excludes halogenated alkanes) is 1. The number of hydrogen-bond acceptors (Lipinski definition) is 7. The molecule has 0 aliphatic carbocycles. The number of Topliss-reactive ketones (excluding diaryl/α,β-unsaturated/α-hetero) is 1. The van der Waals surface area contributed by atoms with Crippen molar-refractivity contribution in [2.75, 3.05) is 19.9 Å². The van der Waals surface area contributed by atoms with Crippen LogP contribution in [0, 0.1) is 0 Å². The maximum absolute atomic E-state index is 12.5. The highest BCUT2D eigenvalue weighted by Gasteiger charge is 2.35. The summed E-state index contributed by atoms with van der Waals surface area (Å²) in [7, 11) is 0. The van der Waals surface area contributed by atoms with Gasteiger partial charge in [0.15, 0.2) is 23.9 Å². The van der Waals surface area contributed by atoms with Crippen LogP contribution in [0.15, 0.2) is 36.4 Å². The van der Waals surface area contributed by atoms with E-state index in [9.17, 15) is 19.2 Å². The van der Waals surface area contributed by atoms with Gasteiger partial charge in [-0.05, 0) is 42.8 Å². The summed E-state index contributed by atoms with van der Waals surface area (Å²) in [6.07, 6.45) is 1.56. The van der Waals surface area contributed by atoms with E-state index in [1.807, 2.05) is 6.92 Å². The fraction of sp³-hybridized carbons (Fsp3) is 0.273. The second kappa shape index (κ2) is 7.98. The van der Waals surface area contributed by atoms with Gasteiger partial charge in [-0.1, -0.05) is 13.3 Å². The molecule has 0 fully saturated rings. The lowest BCUT2D eigenvalue weighted by Gasteiger charge is -2.12. The first-order valence-corrected chi connectivity index (χ1v) is 9.60. The largest absolute Gasteiger partial charge is 0.454 e. The Labute approximate surface area is 172 Å². The van der Waals surface area contributed by atoms with E-state index < -0.39 is 24.3 Å². The van der Waals surface area contributed by atoms with E-state index in [1.54, 1.807) is 12.1 Å². The minimum absolute atomic E-state index is 0.0946. The quantitative estimate of drug-likeness (QED) is 0.394. The minimum atomic E-state index is -0.751. The molecule has 2 amide bonds. The first-order chi connectivity index (χ1) is 14.5. The molecule has 154 valence electrons. The summed E-state index contributed by atoms with van der Waals surface area (Å²) in [5.41, 5.74) is 0.871. The Hall–Kier alpha value is -3.68. The molecule has 0 bridgehead atoms. The smallest absolute Gasteiger partial charge is 0.338 e. The van der Waals surface area contributed by atoms with Gasteiger partial charge in [0.25, 0.3) is 11.8 Å². The van der Waals surface area contributed by atoms with Crippen LogP contribution in [-0.2, 0) is 4.74 Å².